The van der Waals surface area contributed by atoms with Gasteiger partial charge < -0.3 is 0 Å². The summed E-state index contributed by atoms with van der Waals surface area (Å²) in [4.78, 5) is 1.21. The first-order valence-corrected chi connectivity index (χ1v) is 10.1. The number of hydrogen-bond donors (Lipinski definition) is 0. The second-order valence-corrected chi connectivity index (χ2v) is 11.0. The first-order valence-electron chi connectivity index (χ1n) is 5.16. The minimum absolute atomic E-state index is 0.898. The number of ether oxygens (including phenoxy) is 1. The van der Waals surface area contributed by atoms with E-state index < -0.39 is 8.07 Å². The predicted octanol–water partition coefficient (Wildman–Crippen LogP) is 1.78. The average Bonchev–Trinajstić information content (AvgIpc) is 3.13. The van der Waals surface area contributed by atoms with Gasteiger partial charge in [0.05, 0.1) is 0 Å². The van der Waals surface area contributed by atoms with Crippen LogP contribution in [0.1, 0.15) is 4.88 Å². The molecule has 0 spiro atoms. The quantitative estimate of drug-likeness (QED) is 0.438. The molecule has 0 unspecified atom stereocenters. The molecule has 6 nitrogen and oxygen atoms in total. The normalized spacial score (nSPS) is 7.04. The molecule has 0 atom stereocenters. The molecule has 0 aliphatic carbocycles. The van der Waals surface area contributed by atoms with E-state index in [4.69, 9.17) is 28.0 Å². The Hall–Kier alpha value is -1.02. The summed E-state index contributed by atoms with van der Waals surface area (Å²) in [5, 5.41) is 0. The van der Waals surface area contributed by atoms with Gasteiger partial charge in [-0.25, -0.2) is 0 Å². The molecule has 0 N–H and O–H groups in total. The fraction of sp³-hybridized carbons (Fsp3) is 0.286. The molecule has 9 heteroatoms. The van der Waals surface area contributed by atoms with Gasteiger partial charge in [-0.2, -0.15) is 0 Å². The fourth-order valence-corrected chi connectivity index (χ4v) is 4.07. The summed E-state index contributed by atoms with van der Waals surface area (Å²) in [6.07, 6.45) is 0. The molecule has 0 radical (unpaired) electrons. The van der Waals surface area contributed by atoms with Crippen LogP contribution in [0.5, 0.6) is 0 Å². The molecule has 1 aromatic heterocycles. The fourth-order valence-electron chi connectivity index (χ4n) is 0.951. The summed E-state index contributed by atoms with van der Waals surface area (Å²) >= 11 is 4.77. The van der Waals surface area contributed by atoms with Crippen molar-refractivity contribution in [1.82, 2.24) is 0 Å². The molecule has 0 aliphatic heterocycles. The van der Waals surface area contributed by atoms with Crippen molar-refractivity contribution in [2.45, 2.75) is 19.6 Å². The summed E-state index contributed by atoms with van der Waals surface area (Å²) in [7, 11) is 0.559. The van der Waals surface area contributed by atoms with Crippen LogP contribution in [0.25, 0.3) is 0 Å². The number of thiophene rings is 1. The molecule has 1 aromatic rings. The Morgan fingerprint density at radius 3 is 1.48 bits per heavy atom. The molecule has 23 heavy (non-hydrogen) atoms. The van der Waals surface area contributed by atoms with Crippen LogP contribution in [0.15, 0.2) is 12.1 Å². The molecule has 1 heterocycles. The molecule has 0 bridgehead atoms. The van der Waals surface area contributed by atoms with Gasteiger partial charge in [0.15, 0.2) is 0 Å². The van der Waals surface area contributed by atoms with E-state index >= 15 is 0 Å². The third kappa shape index (κ3) is 18.9. The van der Waals surface area contributed by atoms with Crippen molar-refractivity contribution in [3.05, 3.63) is 50.3 Å². The number of methoxy groups -OCH3 is 1. The summed E-state index contributed by atoms with van der Waals surface area (Å²) in [6, 6.07) is 4.36. The van der Waals surface area contributed by atoms with Crippen LogP contribution >= 0.6 is 11.3 Å². The number of rotatable bonds is 3. The SMILES string of the molecule is CO[C](=[Cr])c1ccc([Si](C)(C)C)s1.[C-]#[O+].[C-]#[O+].[C-]#[O+].[C-]#[O+].[C-]#[O+]. The Bertz CT molecular complexity index is 473. The predicted molar refractivity (Wildman–Crippen MR) is 78.1 cm³/mol. The zero-order valence-electron chi connectivity index (χ0n) is 12.9. The summed E-state index contributed by atoms with van der Waals surface area (Å²) in [5.74, 6) is 0. The first-order chi connectivity index (χ1) is 10.9. The third-order valence-electron chi connectivity index (χ3n) is 1.73. The van der Waals surface area contributed by atoms with Gasteiger partial charge in [0.1, 0.15) is 0 Å². The van der Waals surface area contributed by atoms with Crippen LogP contribution in [0.2, 0.25) is 19.6 Å². The van der Waals surface area contributed by atoms with Crippen molar-refractivity contribution in [2.75, 3.05) is 7.11 Å². The molecular weight excluding hydrogens is 376 g/mol. The Kier molecular flexibility index (Phi) is 37.8. The zero-order valence-corrected chi connectivity index (χ0v) is 16.0. The van der Waals surface area contributed by atoms with Crippen molar-refractivity contribution in [1.29, 1.82) is 0 Å². The Morgan fingerprint density at radius 2 is 1.26 bits per heavy atom. The van der Waals surface area contributed by atoms with E-state index in [-0.39, 0.29) is 0 Å². The Morgan fingerprint density at radius 1 is 0.913 bits per heavy atom. The molecule has 0 amide bonds. The van der Waals surface area contributed by atoms with Crippen LogP contribution in [-0.4, -0.2) is 19.7 Å². The van der Waals surface area contributed by atoms with E-state index in [1.165, 1.54) is 9.38 Å². The topological polar surface area (TPSA) is 109 Å². The van der Waals surface area contributed by atoms with E-state index in [0.29, 0.717) is 0 Å². The van der Waals surface area contributed by atoms with E-state index in [2.05, 4.69) is 80.9 Å². The van der Waals surface area contributed by atoms with Gasteiger partial charge in [-0.05, 0) is 0 Å². The van der Waals surface area contributed by atoms with Gasteiger partial charge in [-0.15, -0.1) is 0 Å². The van der Waals surface area contributed by atoms with Gasteiger partial charge in [0, 0.05) is 0 Å². The Labute approximate surface area is 149 Å². The molecule has 122 valence electrons. The molecule has 0 aliphatic rings. The van der Waals surface area contributed by atoms with E-state index in [9.17, 15) is 0 Å². The number of hydrogen-bond acceptors (Lipinski definition) is 2. The van der Waals surface area contributed by atoms with Gasteiger partial charge >= 0.3 is 149 Å². The van der Waals surface area contributed by atoms with Crippen LogP contribution in [0.4, 0.5) is 0 Å². The summed E-state index contributed by atoms with van der Waals surface area (Å²) in [6.45, 7) is 29.6. The summed E-state index contributed by atoms with van der Waals surface area (Å²) < 4.78 is 45.1. The van der Waals surface area contributed by atoms with Crippen molar-refractivity contribution < 1.29 is 43.8 Å². The van der Waals surface area contributed by atoms with E-state index in [1.807, 2.05) is 11.3 Å². The second kappa shape index (κ2) is 25.9. The van der Waals surface area contributed by atoms with Crippen LogP contribution < -0.4 is 4.50 Å². The van der Waals surface area contributed by atoms with Crippen molar-refractivity contribution in [2.24, 2.45) is 0 Å². The van der Waals surface area contributed by atoms with E-state index in [0.717, 1.165) is 4.57 Å². The maximum absolute atomic E-state index is 7.50. The second-order valence-electron chi connectivity index (χ2n) is 3.91. The monoisotopic (exact) mass is 390 g/mol. The minimum atomic E-state index is -1.14. The van der Waals surface area contributed by atoms with Gasteiger partial charge in [-0.1, -0.05) is 0 Å². The molecule has 0 saturated heterocycles. The van der Waals surface area contributed by atoms with Crippen molar-refractivity contribution in [3.8, 4) is 0 Å². The van der Waals surface area contributed by atoms with Crippen molar-refractivity contribution >= 4 is 28.5 Å². The molecule has 0 saturated carbocycles. The van der Waals surface area contributed by atoms with Gasteiger partial charge in [-0.3, -0.25) is 0 Å². The molecule has 0 fully saturated rings. The zero-order chi connectivity index (χ0) is 20.1. The van der Waals surface area contributed by atoms with Crippen LogP contribution in [0.3, 0.4) is 0 Å². The molecule has 1 rings (SSSR count). The molecule has 0 aromatic carbocycles. The molecular formula is C14H14CrO6SSi. The summed E-state index contributed by atoms with van der Waals surface area (Å²) in [5.41, 5.74) is 0. The van der Waals surface area contributed by atoms with Gasteiger partial charge in [0.2, 0.25) is 0 Å². The van der Waals surface area contributed by atoms with Crippen molar-refractivity contribution in [3.63, 3.8) is 0 Å². The Balaban J connectivity index is -0.0000000923. The maximum atomic E-state index is 7.50. The average molecular weight is 390 g/mol. The standard InChI is InChI=1S/C9H14OSSi.5CO.Cr/c1-10-7-8-5-6-9(11-8)12(2,3)4;5*1-2;/h5-6H,1-4H3;;;;;;. The third-order valence-corrected chi connectivity index (χ3v) is 7.23. The van der Waals surface area contributed by atoms with Gasteiger partial charge in [0.25, 0.3) is 0 Å². The van der Waals surface area contributed by atoms with Crippen LogP contribution in [0, 0.1) is 33.3 Å². The van der Waals surface area contributed by atoms with E-state index in [1.54, 1.807) is 7.11 Å². The van der Waals surface area contributed by atoms with Crippen LogP contribution in [-0.2, 0) is 43.8 Å². The first kappa shape index (κ1) is 33.6.